The third-order valence-corrected chi connectivity index (χ3v) is 4.94. The Morgan fingerprint density at radius 3 is 2.63 bits per heavy atom. The van der Waals surface area contributed by atoms with Gasteiger partial charge in [0.1, 0.15) is 0 Å². The lowest BCUT2D eigenvalue weighted by atomic mass is 9.64. The van der Waals surface area contributed by atoms with Crippen LogP contribution in [-0.4, -0.2) is 0 Å². The highest BCUT2D eigenvalue weighted by Crippen LogP contribution is 2.47. The summed E-state index contributed by atoms with van der Waals surface area (Å²) >= 11 is 0. The van der Waals surface area contributed by atoms with Crippen LogP contribution in [0.1, 0.15) is 62.3 Å². The number of hydrazine groups is 1. The van der Waals surface area contributed by atoms with Gasteiger partial charge < -0.3 is 0 Å². The summed E-state index contributed by atoms with van der Waals surface area (Å²) in [5, 5.41) is 0. The van der Waals surface area contributed by atoms with E-state index in [0.717, 1.165) is 0 Å². The van der Waals surface area contributed by atoms with Crippen LogP contribution in [0.4, 0.5) is 0 Å². The molecule has 0 radical (unpaired) electrons. The second kappa shape index (κ2) is 5.64. The van der Waals surface area contributed by atoms with E-state index in [-0.39, 0.29) is 6.04 Å². The van der Waals surface area contributed by atoms with Crippen LogP contribution < -0.4 is 11.3 Å². The fraction of sp³-hybridized carbons (Fsp3) is 0.647. The molecule has 1 fully saturated rings. The van der Waals surface area contributed by atoms with Crippen molar-refractivity contribution in [3.05, 3.63) is 34.9 Å². The quantitative estimate of drug-likeness (QED) is 0.636. The zero-order chi connectivity index (χ0) is 14.0. The van der Waals surface area contributed by atoms with E-state index >= 15 is 0 Å². The Morgan fingerprint density at radius 2 is 2.00 bits per heavy atom. The van der Waals surface area contributed by atoms with Gasteiger partial charge in [-0.25, -0.2) is 0 Å². The summed E-state index contributed by atoms with van der Waals surface area (Å²) in [6, 6.07) is 6.96. The number of hydrogen-bond donors (Lipinski definition) is 2. The fourth-order valence-corrected chi connectivity index (χ4v) is 3.66. The molecule has 1 saturated carbocycles. The van der Waals surface area contributed by atoms with E-state index in [1.807, 2.05) is 0 Å². The van der Waals surface area contributed by atoms with Crippen molar-refractivity contribution in [1.29, 1.82) is 0 Å². The van der Waals surface area contributed by atoms with Gasteiger partial charge in [-0.15, -0.1) is 0 Å². The van der Waals surface area contributed by atoms with Crippen molar-refractivity contribution in [2.45, 2.75) is 59.4 Å². The Bertz CT molecular complexity index is 437. The van der Waals surface area contributed by atoms with Crippen molar-refractivity contribution in [3.8, 4) is 0 Å². The third-order valence-electron chi connectivity index (χ3n) is 4.94. The molecular weight excluding hydrogens is 232 g/mol. The van der Waals surface area contributed by atoms with Crippen molar-refractivity contribution in [3.63, 3.8) is 0 Å². The van der Waals surface area contributed by atoms with Gasteiger partial charge in [0.15, 0.2) is 0 Å². The second-order valence-corrected chi connectivity index (χ2v) is 6.85. The Hall–Kier alpha value is -0.860. The van der Waals surface area contributed by atoms with Crippen LogP contribution in [0.2, 0.25) is 0 Å². The van der Waals surface area contributed by atoms with E-state index in [0.29, 0.717) is 11.3 Å². The Labute approximate surface area is 117 Å². The summed E-state index contributed by atoms with van der Waals surface area (Å²) in [4.78, 5) is 0. The van der Waals surface area contributed by atoms with Gasteiger partial charge in [0.05, 0.1) is 0 Å². The molecule has 1 aliphatic rings. The molecule has 0 bridgehead atoms. The predicted molar refractivity (Wildman–Crippen MR) is 81.7 cm³/mol. The van der Waals surface area contributed by atoms with Crippen LogP contribution in [0, 0.1) is 25.2 Å². The van der Waals surface area contributed by atoms with Gasteiger partial charge >= 0.3 is 0 Å². The molecule has 0 aromatic heterocycles. The molecule has 1 aromatic rings. The Kier molecular flexibility index (Phi) is 4.32. The first kappa shape index (κ1) is 14.5. The van der Waals surface area contributed by atoms with Crippen molar-refractivity contribution in [1.82, 2.24) is 5.43 Å². The van der Waals surface area contributed by atoms with Gasteiger partial charge in [0.2, 0.25) is 0 Å². The molecular formula is C17H28N2. The van der Waals surface area contributed by atoms with E-state index in [9.17, 15) is 0 Å². The number of aryl methyl sites for hydroxylation is 2. The van der Waals surface area contributed by atoms with Gasteiger partial charge in [-0.3, -0.25) is 11.3 Å². The molecule has 2 rings (SSSR count). The molecule has 2 unspecified atom stereocenters. The van der Waals surface area contributed by atoms with E-state index in [1.165, 1.54) is 42.4 Å². The summed E-state index contributed by atoms with van der Waals surface area (Å²) in [6.07, 6.45) is 5.26. The molecule has 0 saturated heterocycles. The zero-order valence-electron chi connectivity index (χ0n) is 12.8. The van der Waals surface area contributed by atoms with Gasteiger partial charge in [-0.2, -0.15) is 0 Å². The SMILES string of the molecule is Cc1ccc(C)c(C(NN)C2CCCCC2(C)C)c1. The minimum Gasteiger partial charge on any atom is -0.271 e. The number of benzene rings is 1. The van der Waals surface area contributed by atoms with Crippen molar-refractivity contribution in [2.75, 3.05) is 0 Å². The summed E-state index contributed by atoms with van der Waals surface area (Å²) in [5.74, 6) is 6.54. The average Bonchev–Trinajstić information content (AvgIpc) is 2.36. The third kappa shape index (κ3) is 3.01. The molecule has 19 heavy (non-hydrogen) atoms. The van der Waals surface area contributed by atoms with Gasteiger partial charge in [-0.05, 0) is 49.1 Å². The monoisotopic (exact) mass is 260 g/mol. The lowest BCUT2D eigenvalue weighted by Crippen LogP contribution is -2.42. The van der Waals surface area contributed by atoms with Crippen LogP contribution in [0.5, 0.6) is 0 Å². The molecule has 0 spiro atoms. The number of rotatable bonds is 3. The van der Waals surface area contributed by atoms with Crippen molar-refractivity contribution in [2.24, 2.45) is 17.2 Å². The second-order valence-electron chi connectivity index (χ2n) is 6.85. The lowest BCUT2D eigenvalue weighted by Gasteiger charge is -2.43. The fourth-order valence-electron chi connectivity index (χ4n) is 3.66. The Morgan fingerprint density at radius 1 is 1.26 bits per heavy atom. The average molecular weight is 260 g/mol. The highest BCUT2D eigenvalue weighted by molar-refractivity contribution is 5.33. The van der Waals surface area contributed by atoms with Gasteiger partial charge in [0.25, 0.3) is 0 Å². The number of nitrogens with two attached hydrogens (primary N) is 1. The number of nitrogens with one attached hydrogen (secondary N) is 1. The predicted octanol–water partition coefficient (Wildman–Crippen LogP) is 4.02. The normalized spacial score (nSPS) is 24.2. The largest absolute Gasteiger partial charge is 0.271 e. The summed E-state index contributed by atoms with van der Waals surface area (Å²) in [5.41, 5.74) is 7.51. The maximum Gasteiger partial charge on any atom is 0.0495 e. The molecule has 0 amide bonds. The van der Waals surface area contributed by atoms with E-state index in [1.54, 1.807) is 0 Å². The molecule has 1 aromatic carbocycles. The van der Waals surface area contributed by atoms with Crippen LogP contribution in [-0.2, 0) is 0 Å². The summed E-state index contributed by atoms with van der Waals surface area (Å²) < 4.78 is 0. The minimum atomic E-state index is 0.273. The first-order valence-corrected chi connectivity index (χ1v) is 7.49. The lowest BCUT2D eigenvalue weighted by molar-refractivity contribution is 0.0980. The highest BCUT2D eigenvalue weighted by Gasteiger charge is 2.38. The van der Waals surface area contributed by atoms with Crippen molar-refractivity contribution >= 4 is 0 Å². The molecule has 3 N–H and O–H groups in total. The minimum absolute atomic E-state index is 0.273. The highest BCUT2D eigenvalue weighted by atomic mass is 15.2. The smallest absolute Gasteiger partial charge is 0.0495 e. The summed E-state index contributed by atoms with van der Waals surface area (Å²) in [7, 11) is 0. The summed E-state index contributed by atoms with van der Waals surface area (Å²) in [6.45, 7) is 9.13. The van der Waals surface area contributed by atoms with E-state index in [2.05, 4.69) is 51.3 Å². The first-order valence-electron chi connectivity index (χ1n) is 7.49. The molecule has 2 heteroatoms. The molecule has 2 nitrogen and oxygen atoms in total. The maximum atomic E-state index is 5.93. The topological polar surface area (TPSA) is 38.0 Å². The number of hydrogen-bond acceptors (Lipinski definition) is 2. The molecule has 106 valence electrons. The van der Waals surface area contributed by atoms with Crippen LogP contribution >= 0.6 is 0 Å². The molecule has 0 aliphatic heterocycles. The standard InChI is InChI=1S/C17H28N2/c1-12-8-9-13(2)14(11-12)16(19-18)15-7-5-6-10-17(15,3)4/h8-9,11,15-16,19H,5-7,10,18H2,1-4H3. The van der Waals surface area contributed by atoms with Gasteiger partial charge in [0, 0.05) is 6.04 Å². The van der Waals surface area contributed by atoms with Crippen LogP contribution in [0.3, 0.4) is 0 Å². The molecule has 0 heterocycles. The molecule has 1 aliphatic carbocycles. The van der Waals surface area contributed by atoms with E-state index < -0.39 is 0 Å². The maximum absolute atomic E-state index is 5.93. The Balaban J connectivity index is 2.35. The van der Waals surface area contributed by atoms with Gasteiger partial charge in [-0.1, -0.05) is 50.5 Å². The zero-order valence-corrected chi connectivity index (χ0v) is 12.8. The molecule has 2 atom stereocenters. The van der Waals surface area contributed by atoms with Crippen LogP contribution in [0.25, 0.3) is 0 Å². The van der Waals surface area contributed by atoms with E-state index in [4.69, 9.17) is 5.84 Å². The van der Waals surface area contributed by atoms with Crippen molar-refractivity contribution < 1.29 is 0 Å². The van der Waals surface area contributed by atoms with Crippen LogP contribution in [0.15, 0.2) is 18.2 Å². The first-order chi connectivity index (χ1) is 8.95.